The van der Waals surface area contributed by atoms with E-state index in [-0.39, 0.29) is 22.2 Å². The van der Waals surface area contributed by atoms with Crippen LogP contribution in [0.5, 0.6) is 0 Å². The fourth-order valence-electron chi connectivity index (χ4n) is 3.82. The number of hydrogen-bond donors (Lipinski definition) is 2. The molecule has 2 N–H and O–H groups in total. The highest BCUT2D eigenvalue weighted by Gasteiger charge is 2.57. The second-order valence-corrected chi connectivity index (χ2v) is 7.25. The average Bonchev–Trinajstić information content (AvgIpc) is 3.17. The van der Waals surface area contributed by atoms with E-state index >= 15 is 0 Å². The lowest BCUT2D eigenvalue weighted by atomic mass is 9.74. The normalized spacial score (nSPS) is 29.1. The number of nitrogens with one attached hydrogen (secondary N) is 1. The first-order valence-electron chi connectivity index (χ1n) is 8.12. The quantitative estimate of drug-likeness (QED) is 0.752. The summed E-state index contributed by atoms with van der Waals surface area (Å²) in [6.45, 7) is 0. The van der Waals surface area contributed by atoms with Crippen molar-refractivity contribution < 1.29 is 23.4 Å². The third-order valence-electron chi connectivity index (χ3n) is 4.93. The minimum Gasteiger partial charge on any atom is -0.390 e. The Morgan fingerprint density at radius 2 is 2.11 bits per heavy atom. The van der Waals surface area contributed by atoms with Gasteiger partial charge in [-0.3, -0.25) is 4.79 Å². The number of fused-ring (bicyclic) bond motifs is 2. The van der Waals surface area contributed by atoms with Crippen molar-refractivity contribution in [3.8, 4) is 0 Å². The predicted molar refractivity (Wildman–Crippen MR) is 92.6 cm³/mol. The van der Waals surface area contributed by atoms with Gasteiger partial charge in [0, 0.05) is 24.1 Å². The Balaban J connectivity index is 1.66. The molecule has 5 unspecified atom stereocenters. The molecule has 5 atom stereocenters. The lowest BCUT2D eigenvalue weighted by Crippen LogP contribution is -2.41. The fraction of sp³-hybridized carbons (Fsp3) is 0.353. The first kappa shape index (κ1) is 18.5. The molecule has 2 aliphatic heterocycles. The third kappa shape index (κ3) is 3.16. The van der Waals surface area contributed by atoms with Gasteiger partial charge in [-0.25, -0.2) is 14.4 Å². The molecular formula is C17H13Cl2F2N3O3. The maximum Gasteiger partial charge on any atom is 0.249 e. The molecule has 0 spiro atoms. The Hall–Kier alpha value is -1.87. The van der Waals surface area contributed by atoms with Gasteiger partial charge in [0.15, 0.2) is 5.82 Å². The smallest absolute Gasteiger partial charge is 0.249 e. The van der Waals surface area contributed by atoms with Gasteiger partial charge in [0.25, 0.3) is 0 Å². The van der Waals surface area contributed by atoms with Gasteiger partial charge in [0.05, 0.1) is 41.1 Å². The molecule has 2 saturated heterocycles. The highest BCUT2D eigenvalue weighted by atomic mass is 35.5. The largest absolute Gasteiger partial charge is 0.390 e. The van der Waals surface area contributed by atoms with Gasteiger partial charge >= 0.3 is 0 Å². The summed E-state index contributed by atoms with van der Waals surface area (Å²) < 4.78 is 33.6. The zero-order chi connectivity index (χ0) is 19.3. The SMILES string of the molecule is O=C(Nc1cnc(Cl)c(Cl)c1)C1C2CC(O)C(O2)C1c1ccnc(F)c1F. The number of hydrogen-bond acceptors (Lipinski definition) is 5. The summed E-state index contributed by atoms with van der Waals surface area (Å²) in [5, 5.41) is 13.0. The highest BCUT2D eigenvalue weighted by molar-refractivity contribution is 6.41. The lowest BCUT2D eigenvalue weighted by molar-refractivity contribution is -0.122. The second-order valence-electron chi connectivity index (χ2n) is 6.48. The van der Waals surface area contributed by atoms with E-state index in [1.807, 2.05) is 0 Å². The van der Waals surface area contributed by atoms with Crippen LogP contribution in [0.25, 0.3) is 0 Å². The molecule has 2 fully saturated rings. The van der Waals surface area contributed by atoms with Gasteiger partial charge in [-0.2, -0.15) is 4.39 Å². The Labute approximate surface area is 162 Å². The van der Waals surface area contributed by atoms with Crippen molar-refractivity contribution in [2.45, 2.75) is 30.7 Å². The summed E-state index contributed by atoms with van der Waals surface area (Å²) >= 11 is 11.7. The van der Waals surface area contributed by atoms with Crippen LogP contribution in [0, 0.1) is 17.7 Å². The number of aliphatic hydroxyl groups excluding tert-OH is 1. The van der Waals surface area contributed by atoms with Gasteiger partial charge in [0.1, 0.15) is 5.15 Å². The van der Waals surface area contributed by atoms with E-state index in [0.717, 1.165) is 6.20 Å². The Morgan fingerprint density at radius 1 is 1.33 bits per heavy atom. The standard InChI is InChI=1S/C17H13Cl2F2N3O3/c18-8-3-6(5-23-15(8)19)24-17(26)12-10-4-9(25)14(27-10)11(12)7-1-2-22-16(21)13(7)20/h1-3,5,9-12,14,25H,4H2,(H,24,26). The fourth-order valence-corrected chi connectivity index (χ4v) is 4.09. The van der Waals surface area contributed by atoms with E-state index in [2.05, 4.69) is 15.3 Å². The van der Waals surface area contributed by atoms with Crippen LogP contribution in [-0.4, -0.2) is 39.3 Å². The molecule has 4 rings (SSSR count). The summed E-state index contributed by atoms with van der Waals surface area (Å²) in [5.41, 5.74) is 0.249. The van der Waals surface area contributed by atoms with E-state index in [4.69, 9.17) is 27.9 Å². The molecule has 6 nitrogen and oxygen atoms in total. The number of carbonyl (C=O) groups is 1. The number of ether oxygens (including phenoxy) is 1. The number of aliphatic hydroxyl groups is 1. The Kier molecular flexibility index (Phi) is 4.75. The van der Waals surface area contributed by atoms with Crippen molar-refractivity contribution >= 4 is 34.8 Å². The summed E-state index contributed by atoms with van der Waals surface area (Å²) in [5.74, 6) is -4.58. The van der Waals surface area contributed by atoms with Gasteiger partial charge in [0.2, 0.25) is 11.9 Å². The number of amides is 1. The van der Waals surface area contributed by atoms with Crippen molar-refractivity contribution in [3.63, 3.8) is 0 Å². The van der Waals surface area contributed by atoms with Crippen LogP contribution in [0.4, 0.5) is 14.5 Å². The second kappa shape index (κ2) is 6.94. The molecule has 10 heteroatoms. The van der Waals surface area contributed by atoms with Crippen LogP contribution in [0.15, 0.2) is 24.5 Å². The number of carbonyl (C=O) groups excluding carboxylic acids is 1. The number of pyridine rings is 2. The van der Waals surface area contributed by atoms with E-state index in [9.17, 15) is 18.7 Å². The maximum absolute atomic E-state index is 14.3. The van der Waals surface area contributed by atoms with E-state index in [1.165, 1.54) is 18.3 Å². The van der Waals surface area contributed by atoms with Gasteiger partial charge < -0.3 is 15.2 Å². The molecule has 2 aromatic rings. The minimum atomic E-state index is -1.27. The van der Waals surface area contributed by atoms with Crippen LogP contribution in [-0.2, 0) is 9.53 Å². The number of aromatic nitrogens is 2. The van der Waals surface area contributed by atoms with Crippen molar-refractivity contribution in [3.05, 3.63) is 52.0 Å². The number of halogens is 4. The molecule has 1 amide bonds. The molecular weight excluding hydrogens is 403 g/mol. The van der Waals surface area contributed by atoms with Gasteiger partial charge in [-0.1, -0.05) is 23.2 Å². The molecule has 142 valence electrons. The maximum atomic E-state index is 14.3. The molecule has 0 radical (unpaired) electrons. The summed E-state index contributed by atoms with van der Waals surface area (Å²) in [6, 6.07) is 2.72. The van der Waals surface area contributed by atoms with Crippen LogP contribution >= 0.6 is 23.2 Å². The summed E-state index contributed by atoms with van der Waals surface area (Å²) in [4.78, 5) is 20.0. The molecule has 0 saturated carbocycles. The van der Waals surface area contributed by atoms with Crippen LogP contribution < -0.4 is 5.32 Å². The predicted octanol–water partition coefficient (Wildman–Crippen LogP) is 2.93. The zero-order valence-electron chi connectivity index (χ0n) is 13.6. The van der Waals surface area contributed by atoms with Crippen molar-refractivity contribution in [2.24, 2.45) is 5.92 Å². The van der Waals surface area contributed by atoms with E-state index < -0.39 is 47.8 Å². The molecule has 2 bridgehead atoms. The minimum absolute atomic E-state index is 0.0545. The Bertz CT molecular complexity index is 917. The number of anilines is 1. The van der Waals surface area contributed by atoms with Crippen molar-refractivity contribution in [1.82, 2.24) is 9.97 Å². The molecule has 4 heterocycles. The zero-order valence-corrected chi connectivity index (χ0v) is 15.1. The van der Waals surface area contributed by atoms with E-state index in [0.29, 0.717) is 5.69 Å². The van der Waals surface area contributed by atoms with E-state index in [1.54, 1.807) is 0 Å². The topological polar surface area (TPSA) is 84.3 Å². The van der Waals surface area contributed by atoms with Crippen LogP contribution in [0.1, 0.15) is 17.9 Å². The average molecular weight is 416 g/mol. The first-order valence-corrected chi connectivity index (χ1v) is 8.87. The van der Waals surface area contributed by atoms with Gasteiger partial charge in [-0.15, -0.1) is 0 Å². The summed E-state index contributed by atoms with van der Waals surface area (Å²) in [6.07, 6.45) is 0.371. The molecule has 2 aromatic heterocycles. The lowest BCUT2D eigenvalue weighted by Gasteiger charge is -2.30. The number of rotatable bonds is 3. The molecule has 27 heavy (non-hydrogen) atoms. The van der Waals surface area contributed by atoms with Crippen molar-refractivity contribution in [2.75, 3.05) is 5.32 Å². The van der Waals surface area contributed by atoms with Crippen molar-refractivity contribution in [1.29, 1.82) is 0 Å². The third-order valence-corrected chi connectivity index (χ3v) is 5.61. The Morgan fingerprint density at radius 3 is 2.85 bits per heavy atom. The molecule has 2 aliphatic rings. The highest BCUT2D eigenvalue weighted by Crippen LogP contribution is 2.49. The van der Waals surface area contributed by atoms with Crippen LogP contribution in [0.2, 0.25) is 10.2 Å². The summed E-state index contributed by atoms with van der Waals surface area (Å²) in [7, 11) is 0. The monoisotopic (exact) mass is 415 g/mol. The van der Waals surface area contributed by atoms with Crippen LogP contribution in [0.3, 0.4) is 0 Å². The van der Waals surface area contributed by atoms with Gasteiger partial charge in [-0.05, 0) is 12.1 Å². The number of nitrogens with zero attached hydrogens (tertiary/aromatic N) is 2. The molecule has 0 aliphatic carbocycles. The first-order chi connectivity index (χ1) is 12.9. The molecule has 0 aromatic carbocycles.